The molecule has 12 aliphatic rings. The maximum Gasteiger partial charge on any atom is 0.303 e. The van der Waals surface area contributed by atoms with Crippen molar-refractivity contribution in [3.63, 3.8) is 0 Å². The van der Waals surface area contributed by atoms with Crippen LogP contribution >= 0.6 is 0 Å². The van der Waals surface area contributed by atoms with Crippen molar-refractivity contribution in [3.8, 4) is 0 Å². The summed E-state index contributed by atoms with van der Waals surface area (Å²) < 4.78 is 125. The number of hydrogen-bond donors (Lipinski definition) is 2. The van der Waals surface area contributed by atoms with Crippen LogP contribution in [0.15, 0.2) is 23.5 Å². The number of methoxy groups -OCH3 is 5. The molecule has 0 aromatic rings. The molecular weight excluding hydrogens is 1270 g/mol. The van der Waals surface area contributed by atoms with E-state index in [1.165, 1.54) is 19.6 Å². The molecule has 26 nitrogen and oxygen atoms in total. The van der Waals surface area contributed by atoms with Crippen molar-refractivity contribution in [1.82, 2.24) is 0 Å². The third-order valence-corrected chi connectivity index (χ3v) is 24.5. The van der Waals surface area contributed by atoms with Crippen LogP contribution in [0.2, 0.25) is 0 Å². The predicted molar refractivity (Wildman–Crippen MR) is 339 cm³/mol. The average molecular weight is 1380 g/mol. The lowest BCUT2D eigenvalue weighted by molar-refractivity contribution is -0.472. The highest BCUT2D eigenvalue weighted by molar-refractivity contribution is 5.96. The fourth-order valence-electron chi connectivity index (χ4n) is 19.2. The fourth-order valence-corrected chi connectivity index (χ4v) is 19.2. The Kier molecular flexibility index (Phi) is 23.2. The highest BCUT2D eigenvalue weighted by Crippen LogP contribution is 2.68. The van der Waals surface area contributed by atoms with Gasteiger partial charge in [0.15, 0.2) is 43.3 Å². The van der Waals surface area contributed by atoms with Crippen molar-refractivity contribution >= 4 is 11.8 Å². The van der Waals surface area contributed by atoms with Gasteiger partial charge in [-0.25, -0.2) is 4.89 Å². The Morgan fingerprint density at radius 1 is 0.629 bits per heavy atom. The van der Waals surface area contributed by atoms with E-state index < -0.39 is 171 Å². The minimum Gasteiger partial charge on any atom is -0.493 e. The van der Waals surface area contributed by atoms with Crippen molar-refractivity contribution < 1.29 is 124 Å². The Morgan fingerprint density at radius 3 is 1.78 bits per heavy atom. The zero-order chi connectivity index (χ0) is 69.2. The van der Waals surface area contributed by atoms with Gasteiger partial charge in [-0.3, -0.25) is 9.59 Å². The number of aliphatic hydroxyl groups excluding tert-OH is 1. The number of ether oxygens (including phenoxy) is 20. The quantitative estimate of drug-likeness (QED) is 0.0741. The largest absolute Gasteiger partial charge is 0.493 e. The summed E-state index contributed by atoms with van der Waals surface area (Å²) in [5.74, 6) is -0.508. The van der Waals surface area contributed by atoms with Gasteiger partial charge in [-0.1, -0.05) is 25.5 Å². The minimum atomic E-state index is -1.34. The molecule has 0 bridgehead atoms. The zero-order valence-corrected chi connectivity index (χ0v) is 59.8. The summed E-state index contributed by atoms with van der Waals surface area (Å²) in [6.07, 6.45) is -2.89. The van der Waals surface area contributed by atoms with Crippen LogP contribution in [0.4, 0.5) is 0 Å². The number of fused-ring (bicyclic) bond motifs is 6. The third-order valence-electron chi connectivity index (χ3n) is 24.5. The van der Waals surface area contributed by atoms with E-state index in [2.05, 4.69) is 19.9 Å². The Bertz CT molecular complexity index is 2730. The number of allylic oxidation sites excluding steroid dienone is 1. The molecule has 34 atom stereocenters. The third kappa shape index (κ3) is 14.9. The van der Waals surface area contributed by atoms with Crippen molar-refractivity contribution in [2.24, 2.45) is 28.6 Å². The van der Waals surface area contributed by atoms with Crippen LogP contribution in [0, 0.1) is 28.6 Å². The van der Waals surface area contributed by atoms with Crippen LogP contribution in [-0.2, 0) is 114 Å². The number of rotatable bonds is 19. The van der Waals surface area contributed by atoms with Gasteiger partial charge >= 0.3 is 5.97 Å². The van der Waals surface area contributed by atoms with E-state index in [9.17, 15) is 19.8 Å². The van der Waals surface area contributed by atoms with Crippen molar-refractivity contribution in [3.05, 3.63) is 23.5 Å². The van der Waals surface area contributed by atoms with Gasteiger partial charge in [-0.2, -0.15) is 4.89 Å². The number of aliphatic hydroxyl groups is 2. The predicted octanol–water partition coefficient (Wildman–Crippen LogP) is 7.10. The van der Waals surface area contributed by atoms with Crippen molar-refractivity contribution in [1.29, 1.82) is 0 Å². The van der Waals surface area contributed by atoms with E-state index in [1.54, 1.807) is 34.5 Å². The summed E-state index contributed by atoms with van der Waals surface area (Å²) in [6, 6.07) is 0. The number of carbonyl (C=O) groups is 2. The minimum absolute atomic E-state index is 0.0156. The number of ketones is 1. The topological polar surface area (TPSA) is 278 Å². The van der Waals surface area contributed by atoms with Crippen molar-refractivity contribution in [2.75, 3.05) is 42.2 Å². The summed E-state index contributed by atoms with van der Waals surface area (Å²) in [4.78, 5) is 37.4. The van der Waals surface area contributed by atoms with Gasteiger partial charge in [-0.15, -0.1) is 0 Å². The average Bonchev–Trinajstić information content (AvgIpc) is 1.61. The van der Waals surface area contributed by atoms with Crippen LogP contribution < -0.4 is 0 Å². The van der Waals surface area contributed by atoms with Crippen LogP contribution in [-0.4, -0.2) is 241 Å². The highest BCUT2D eigenvalue weighted by atomic mass is 17.2. The lowest BCUT2D eigenvalue weighted by atomic mass is 9.46. The lowest BCUT2D eigenvalue weighted by Gasteiger charge is -2.59. The molecule has 12 rings (SSSR count). The van der Waals surface area contributed by atoms with E-state index in [-0.39, 0.29) is 48.3 Å². The molecule has 0 amide bonds. The molecule has 26 heteroatoms. The highest BCUT2D eigenvalue weighted by Gasteiger charge is 2.66. The van der Waals surface area contributed by atoms with E-state index >= 15 is 0 Å². The second kappa shape index (κ2) is 30.3. The zero-order valence-electron chi connectivity index (χ0n) is 59.8. The molecule has 2 N–H and O–H groups in total. The van der Waals surface area contributed by atoms with E-state index in [4.69, 9.17) is 105 Å². The molecule has 97 heavy (non-hydrogen) atoms. The summed E-state index contributed by atoms with van der Waals surface area (Å²) in [5.41, 5.74) is -0.0108. The molecule has 552 valence electrons. The standard InChI is InChI=1S/C71H112O26/c1-34-25-49(76-12)60(74)67(82-34)90-44-19-22-68(10)43(26-44)17-18-45-46(68)20-23-69(11)47(45)21-24-71(69,75)41(8)88-56-31-53-66(39(6)87-56)96-97-70(33-81-53)32-54(80-16)65(40(7)95-70)94-59-30-52(79-15)63(37(4)86-59)92-55-27-48(73)61(35(2)83-55)91-57-29-51(78-14)64(38(5)85-57)93-58-28-50(77-13)62(36(3)84-58)89-42(9)72/h17,25,34-41,44-48,50-59,61-67,73,75H,18-24,26-33H2,1-16H3/t34-,35-,36-,37-,38-,39-,40-,41+,44+,45-,46+,47+,48-,50+,51+,52+,53-,54-,55+,56+,57+,58+,59+,61-,62-,63-,64-,65-,66-,67+,68+,69+,70+,71+/m1/s1. The summed E-state index contributed by atoms with van der Waals surface area (Å²) in [5, 5.41) is 24.7. The molecule has 3 saturated carbocycles. The molecule has 0 aromatic carbocycles. The first-order valence-corrected chi connectivity index (χ1v) is 35.9. The molecular formula is C71H112O26. The van der Waals surface area contributed by atoms with Gasteiger partial charge in [0.05, 0.1) is 98.2 Å². The molecule has 8 aliphatic heterocycles. The van der Waals surface area contributed by atoms with Gasteiger partial charge in [-0.05, 0) is 136 Å². The normalized spacial score (nSPS) is 50.6. The second-order valence-electron chi connectivity index (χ2n) is 30.3. The van der Waals surface area contributed by atoms with Crippen LogP contribution in [0.5, 0.6) is 0 Å². The summed E-state index contributed by atoms with van der Waals surface area (Å²) >= 11 is 0. The first-order valence-electron chi connectivity index (χ1n) is 35.9. The van der Waals surface area contributed by atoms with Gasteiger partial charge in [0.25, 0.3) is 5.78 Å². The fraction of sp³-hybridized carbons (Fsp3) is 0.915. The number of carbonyl (C=O) groups excluding carboxylic acids is 2. The molecule has 0 radical (unpaired) electrons. The van der Waals surface area contributed by atoms with Gasteiger partial charge in [0, 0.05) is 79.3 Å². The number of Topliss-reactive ketones (excluding diaryl/α,β-unsaturated/α-hetero) is 1. The van der Waals surface area contributed by atoms with Crippen LogP contribution in [0.25, 0.3) is 0 Å². The first-order chi connectivity index (χ1) is 46.2. The lowest BCUT2D eigenvalue weighted by Crippen LogP contribution is -2.60. The number of esters is 1. The first kappa shape index (κ1) is 74.3. The van der Waals surface area contributed by atoms with Crippen LogP contribution in [0.1, 0.15) is 166 Å². The maximum absolute atomic E-state index is 13.1. The monoisotopic (exact) mass is 1380 g/mol. The SMILES string of the molecule is COC1=C[C@@H](C)O[C@@H](O[C@H]2CC[C@@]3(C)C(=CC[C@@H]4[C@@H]3CC[C@@]3(C)[C@H]4CC[C@]3(O)[C@H](C)O[C@H]3C[C@H]4OC[C@]5(C[C@@H](OC)[C@H](O[C@H]6C[C@H](OC)[C@H](O[C@H]7C[C@@H](O)[C@H](O[C@H]8C[C@H](OC)[C@H](O[C@H]9C[C@H](OC)[C@H](OC(C)=O)[C@@H](C)O9)[C@@H](C)O8)[C@@H](C)O7)[C@@H](C)O6)[C@@H](C)O5)OO[C@@H]4[C@@H](C)O3)C2)C1=O. The molecule has 1 spiro atoms. The summed E-state index contributed by atoms with van der Waals surface area (Å²) in [6.45, 7) is 21.2. The summed E-state index contributed by atoms with van der Waals surface area (Å²) in [7, 11) is 7.91. The van der Waals surface area contributed by atoms with E-state index in [0.29, 0.717) is 55.6 Å². The van der Waals surface area contributed by atoms with Crippen LogP contribution in [0.3, 0.4) is 0 Å². The van der Waals surface area contributed by atoms with Gasteiger partial charge in [0.2, 0.25) is 12.1 Å². The Balaban J connectivity index is 0.597. The van der Waals surface area contributed by atoms with E-state index in [0.717, 1.165) is 44.9 Å². The molecule has 7 saturated heterocycles. The van der Waals surface area contributed by atoms with Gasteiger partial charge in [0.1, 0.15) is 43.2 Å². The second-order valence-corrected chi connectivity index (χ2v) is 30.3. The number of hydrogen-bond acceptors (Lipinski definition) is 26. The Morgan fingerprint density at radius 2 is 1.19 bits per heavy atom. The molecule has 8 heterocycles. The maximum atomic E-state index is 13.1. The Hall–Kier alpha value is -2.46. The van der Waals surface area contributed by atoms with E-state index in [1.807, 2.05) is 55.4 Å². The molecule has 0 aromatic heterocycles. The molecule has 10 fully saturated rings. The van der Waals surface area contributed by atoms with Crippen molar-refractivity contribution in [2.45, 2.75) is 343 Å². The van der Waals surface area contributed by atoms with Gasteiger partial charge < -0.3 is 105 Å². The Labute approximate surface area is 571 Å². The molecule has 0 unspecified atom stereocenters. The smallest absolute Gasteiger partial charge is 0.303 e. The molecule has 4 aliphatic carbocycles.